The molecule has 0 aliphatic rings. The van der Waals surface area contributed by atoms with Gasteiger partial charge in [-0.2, -0.15) is 0 Å². The lowest BCUT2D eigenvalue weighted by Crippen LogP contribution is -2.47. The maximum Gasteiger partial charge on any atom is 0.290 e. The van der Waals surface area contributed by atoms with Crippen molar-refractivity contribution < 1.29 is 14.5 Å². The first-order valence-corrected chi connectivity index (χ1v) is 5.17. The second-order valence-electron chi connectivity index (χ2n) is 4.05. The summed E-state index contributed by atoms with van der Waals surface area (Å²) >= 11 is 0. The zero-order valence-corrected chi connectivity index (χ0v) is 9.97. The Balaban J connectivity index is 2.78. The molecule has 1 aromatic heterocycles. The van der Waals surface area contributed by atoms with Crippen molar-refractivity contribution in [1.82, 2.24) is 10.5 Å². The first-order chi connectivity index (χ1) is 7.95. The van der Waals surface area contributed by atoms with E-state index < -0.39 is 11.9 Å². The number of hydrogen-bond donors (Lipinski definition) is 3. The van der Waals surface area contributed by atoms with Crippen LogP contribution in [0.1, 0.15) is 30.1 Å². The van der Waals surface area contributed by atoms with Crippen molar-refractivity contribution in [2.75, 3.05) is 0 Å². The molecule has 0 fully saturated rings. The second kappa shape index (κ2) is 5.33. The number of oxime groups is 1. The Morgan fingerprint density at radius 1 is 1.65 bits per heavy atom. The molecule has 0 radical (unpaired) electrons. The van der Waals surface area contributed by atoms with E-state index >= 15 is 0 Å². The van der Waals surface area contributed by atoms with Crippen LogP contribution in [0.25, 0.3) is 0 Å². The number of rotatable bonds is 4. The number of amides is 1. The molecular weight excluding hydrogens is 224 g/mol. The average molecular weight is 240 g/mol. The van der Waals surface area contributed by atoms with Crippen LogP contribution in [-0.4, -0.2) is 28.1 Å². The van der Waals surface area contributed by atoms with Gasteiger partial charge in [-0.25, -0.2) is 0 Å². The van der Waals surface area contributed by atoms with E-state index in [1.54, 1.807) is 6.92 Å². The zero-order chi connectivity index (χ0) is 13.0. The summed E-state index contributed by atoms with van der Waals surface area (Å²) in [5, 5.41) is 17.7. The largest absolute Gasteiger partial charge is 0.409 e. The summed E-state index contributed by atoms with van der Waals surface area (Å²) in [4.78, 5) is 11.8. The highest BCUT2D eigenvalue weighted by molar-refractivity contribution is 5.96. The Labute approximate surface area is 98.6 Å². The number of aryl methyl sites for hydroxylation is 1. The Morgan fingerprint density at radius 3 is 2.71 bits per heavy atom. The third-order valence-corrected chi connectivity index (χ3v) is 2.24. The molecular formula is C10H16N4O3. The number of carbonyl (C=O) groups excluding carboxylic acids is 1. The fourth-order valence-electron chi connectivity index (χ4n) is 1.33. The highest BCUT2D eigenvalue weighted by Crippen LogP contribution is 2.06. The summed E-state index contributed by atoms with van der Waals surface area (Å²) in [6.07, 6.45) is 0. The maximum absolute atomic E-state index is 11.8. The van der Waals surface area contributed by atoms with E-state index in [0.29, 0.717) is 5.69 Å². The molecule has 0 saturated carbocycles. The molecule has 17 heavy (non-hydrogen) atoms. The standard InChI is InChI=1S/C10H16N4O3/c1-5(2)8(9(11)13-16)12-10(15)7-4-6(3)14-17-7/h4-5,8,16H,1-3H3,(H2,11,13)(H,12,15). The quantitative estimate of drug-likeness (QED) is 0.306. The van der Waals surface area contributed by atoms with Gasteiger partial charge >= 0.3 is 0 Å². The first kappa shape index (κ1) is 13.0. The molecule has 1 amide bonds. The van der Waals surface area contributed by atoms with Gasteiger partial charge in [-0.3, -0.25) is 4.79 Å². The number of amidine groups is 1. The van der Waals surface area contributed by atoms with Crippen LogP contribution in [0.4, 0.5) is 0 Å². The third kappa shape index (κ3) is 3.20. The molecule has 0 aliphatic carbocycles. The van der Waals surface area contributed by atoms with Gasteiger partial charge in [-0.15, -0.1) is 0 Å². The summed E-state index contributed by atoms with van der Waals surface area (Å²) in [5.41, 5.74) is 6.10. The van der Waals surface area contributed by atoms with Gasteiger partial charge in [0.05, 0.1) is 11.7 Å². The van der Waals surface area contributed by atoms with E-state index in [0.717, 1.165) is 0 Å². The van der Waals surface area contributed by atoms with E-state index in [4.69, 9.17) is 15.5 Å². The molecule has 7 nitrogen and oxygen atoms in total. The number of hydrogen-bond acceptors (Lipinski definition) is 5. The molecule has 7 heteroatoms. The monoisotopic (exact) mass is 240 g/mol. The van der Waals surface area contributed by atoms with E-state index in [2.05, 4.69) is 15.6 Å². The van der Waals surface area contributed by atoms with Crippen molar-refractivity contribution in [2.45, 2.75) is 26.8 Å². The van der Waals surface area contributed by atoms with Crippen LogP contribution in [0.5, 0.6) is 0 Å². The van der Waals surface area contributed by atoms with Crippen LogP contribution in [0.15, 0.2) is 15.7 Å². The van der Waals surface area contributed by atoms with E-state index in [1.165, 1.54) is 6.07 Å². The maximum atomic E-state index is 11.8. The van der Waals surface area contributed by atoms with Crippen LogP contribution in [0.3, 0.4) is 0 Å². The molecule has 1 atom stereocenters. The third-order valence-electron chi connectivity index (χ3n) is 2.24. The predicted octanol–water partition coefficient (Wildman–Crippen LogP) is 0.484. The molecule has 1 heterocycles. The summed E-state index contributed by atoms with van der Waals surface area (Å²) in [5.74, 6) is -0.418. The highest BCUT2D eigenvalue weighted by Gasteiger charge is 2.23. The van der Waals surface area contributed by atoms with E-state index in [9.17, 15) is 4.79 Å². The van der Waals surface area contributed by atoms with Gasteiger partial charge in [0.15, 0.2) is 5.84 Å². The van der Waals surface area contributed by atoms with Crippen LogP contribution in [0, 0.1) is 12.8 Å². The van der Waals surface area contributed by atoms with E-state index in [-0.39, 0.29) is 17.5 Å². The fourth-order valence-corrected chi connectivity index (χ4v) is 1.33. The Bertz CT molecular complexity index is 425. The average Bonchev–Trinajstić information content (AvgIpc) is 2.71. The van der Waals surface area contributed by atoms with Gasteiger partial charge in [0.25, 0.3) is 5.91 Å². The van der Waals surface area contributed by atoms with Crippen molar-refractivity contribution in [1.29, 1.82) is 0 Å². The summed E-state index contributed by atoms with van der Waals surface area (Å²) < 4.78 is 4.81. The Morgan fingerprint density at radius 2 is 2.29 bits per heavy atom. The number of nitrogens with one attached hydrogen (secondary N) is 1. The van der Waals surface area contributed by atoms with Gasteiger partial charge in [0.2, 0.25) is 5.76 Å². The number of aromatic nitrogens is 1. The second-order valence-corrected chi connectivity index (χ2v) is 4.05. The number of nitrogens with zero attached hydrogens (tertiary/aromatic N) is 2. The summed E-state index contributed by atoms with van der Waals surface area (Å²) in [6.45, 7) is 5.40. The smallest absolute Gasteiger partial charge is 0.290 e. The fraction of sp³-hybridized carbons (Fsp3) is 0.500. The van der Waals surface area contributed by atoms with Gasteiger partial charge in [-0.1, -0.05) is 24.2 Å². The normalized spacial score (nSPS) is 13.8. The Kier molecular flexibility index (Phi) is 4.08. The molecule has 1 rings (SSSR count). The summed E-state index contributed by atoms with van der Waals surface area (Å²) in [7, 11) is 0. The van der Waals surface area contributed by atoms with Crippen LogP contribution >= 0.6 is 0 Å². The zero-order valence-electron chi connectivity index (χ0n) is 9.97. The molecule has 1 unspecified atom stereocenters. The molecule has 0 bridgehead atoms. The summed E-state index contributed by atoms with van der Waals surface area (Å²) in [6, 6.07) is 0.955. The lowest BCUT2D eigenvalue weighted by Gasteiger charge is -2.19. The minimum atomic E-state index is -0.557. The number of carbonyl (C=O) groups is 1. The molecule has 0 aromatic carbocycles. The minimum Gasteiger partial charge on any atom is -0.409 e. The van der Waals surface area contributed by atoms with Crippen molar-refractivity contribution in [3.05, 3.63) is 17.5 Å². The van der Waals surface area contributed by atoms with Crippen LogP contribution in [-0.2, 0) is 0 Å². The molecule has 4 N–H and O–H groups in total. The minimum absolute atomic E-state index is 0.0149. The predicted molar refractivity (Wildman–Crippen MR) is 60.7 cm³/mol. The van der Waals surface area contributed by atoms with Crippen molar-refractivity contribution in [3.63, 3.8) is 0 Å². The highest BCUT2D eigenvalue weighted by atomic mass is 16.5. The van der Waals surface area contributed by atoms with Crippen LogP contribution < -0.4 is 11.1 Å². The molecule has 0 saturated heterocycles. The van der Waals surface area contributed by atoms with Gasteiger partial charge in [0.1, 0.15) is 0 Å². The first-order valence-electron chi connectivity index (χ1n) is 5.17. The lowest BCUT2D eigenvalue weighted by atomic mass is 10.0. The van der Waals surface area contributed by atoms with E-state index in [1.807, 2.05) is 13.8 Å². The SMILES string of the molecule is Cc1cc(C(=O)NC(C(N)=NO)C(C)C)on1. The number of nitrogens with two attached hydrogens (primary N) is 1. The van der Waals surface area contributed by atoms with Crippen molar-refractivity contribution in [2.24, 2.45) is 16.8 Å². The molecule has 0 spiro atoms. The lowest BCUT2D eigenvalue weighted by molar-refractivity contribution is 0.0901. The topological polar surface area (TPSA) is 114 Å². The Hall–Kier alpha value is -2.05. The molecule has 1 aromatic rings. The molecule has 0 aliphatic heterocycles. The van der Waals surface area contributed by atoms with Gasteiger partial charge < -0.3 is 20.8 Å². The molecule has 94 valence electrons. The van der Waals surface area contributed by atoms with Gasteiger partial charge in [0, 0.05) is 6.07 Å². The van der Waals surface area contributed by atoms with Crippen LogP contribution in [0.2, 0.25) is 0 Å². The van der Waals surface area contributed by atoms with Gasteiger partial charge in [-0.05, 0) is 12.8 Å². The van der Waals surface area contributed by atoms with Crippen molar-refractivity contribution >= 4 is 11.7 Å². The van der Waals surface area contributed by atoms with Crippen molar-refractivity contribution in [3.8, 4) is 0 Å².